The highest BCUT2D eigenvalue weighted by Crippen LogP contribution is 2.38. The predicted molar refractivity (Wildman–Crippen MR) is 84.9 cm³/mol. The molecule has 8 heteroatoms. The minimum atomic E-state index is -4.62. The first kappa shape index (κ1) is 17.8. The number of alkyl halides is 3. The molecule has 1 saturated heterocycles. The molecule has 25 heavy (non-hydrogen) atoms. The maximum Gasteiger partial charge on any atom is 0.417 e. The van der Waals surface area contributed by atoms with Gasteiger partial charge in [-0.1, -0.05) is 23.8 Å². The SMILES string of the molecule is O=C1OCC[C@H]2C=CC[C@@H](C(=O)Nc3ccc(Cl)c(C(F)(F)F)c3)[C@@H]12. The van der Waals surface area contributed by atoms with Crippen LogP contribution in [0, 0.1) is 17.8 Å². The molecule has 1 heterocycles. The van der Waals surface area contributed by atoms with Gasteiger partial charge < -0.3 is 10.1 Å². The molecule has 1 aliphatic heterocycles. The number of ether oxygens (including phenoxy) is 1. The Labute approximate surface area is 147 Å². The number of amides is 1. The molecular weight excluding hydrogens is 359 g/mol. The first-order valence-corrected chi connectivity index (χ1v) is 8.16. The Morgan fingerprint density at radius 1 is 1.32 bits per heavy atom. The summed E-state index contributed by atoms with van der Waals surface area (Å²) in [6, 6.07) is 3.17. The third-order valence-corrected chi connectivity index (χ3v) is 4.84. The summed E-state index contributed by atoms with van der Waals surface area (Å²) >= 11 is 5.57. The molecule has 3 atom stereocenters. The van der Waals surface area contributed by atoms with Crippen LogP contribution in [0.4, 0.5) is 18.9 Å². The molecule has 0 spiro atoms. The number of cyclic esters (lactones) is 1. The van der Waals surface area contributed by atoms with Gasteiger partial charge in [-0.15, -0.1) is 0 Å². The van der Waals surface area contributed by atoms with Crippen molar-refractivity contribution in [3.63, 3.8) is 0 Å². The third kappa shape index (κ3) is 3.66. The van der Waals surface area contributed by atoms with E-state index in [1.54, 1.807) is 0 Å². The summed E-state index contributed by atoms with van der Waals surface area (Å²) in [6.45, 7) is 0.310. The molecule has 4 nitrogen and oxygen atoms in total. The van der Waals surface area contributed by atoms with Crippen molar-refractivity contribution < 1.29 is 27.5 Å². The fourth-order valence-corrected chi connectivity index (χ4v) is 3.52. The summed E-state index contributed by atoms with van der Waals surface area (Å²) < 4.78 is 43.8. The fourth-order valence-electron chi connectivity index (χ4n) is 3.30. The van der Waals surface area contributed by atoms with Crippen LogP contribution in [-0.4, -0.2) is 18.5 Å². The monoisotopic (exact) mass is 373 g/mol. The largest absolute Gasteiger partial charge is 0.465 e. The Kier molecular flexibility index (Phi) is 4.77. The van der Waals surface area contributed by atoms with Crippen molar-refractivity contribution in [3.05, 3.63) is 40.9 Å². The third-order valence-electron chi connectivity index (χ3n) is 4.51. The van der Waals surface area contributed by atoms with Gasteiger partial charge in [0.15, 0.2) is 0 Å². The van der Waals surface area contributed by atoms with Crippen LogP contribution in [0.2, 0.25) is 5.02 Å². The molecule has 0 bridgehead atoms. The molecule has 0 unspecified atom stereocenters. The van der Waals surface area contributed by atoms with Gasteiger partial charge in [-0.2, -0.15) is 13.2 Å². The average Bonchev–Trinajstić information content (AvgIpc) is 2.55. The van der Waals surface area contributed by atoms with Gasteiger partial charge in [0, 0.05) is 5.69 Å². The van der Waals surface area contributed by atoms with Crippen molar-refractivity contribution >= 4 is 29.2 Å². The van der Waals surface area contributed by atoms with Gasteiger partial charge in [-0.25, -0.2) is 0 Å². The molecule has 1 aromatic rings. The summed E-state index contributed by atoms with van der Waals surface area (Å²) in [6.07, 6.45) is 0.0767. The zero-order valence-corrected chi connectivity index (χ0v) is 13.7. The molecule has 0 saturated carbocycles. The van der Waals surface area contributed by atoms with Crippen molar-refractivity contribution in [2.24, 2.45) is 17.8 Å². The number of hydrogen-bond acceptors (Lipinski definition) is 3. The molecular formula is C17H15ClF3NO3. The number of rotatable bonds is 2. The average molecular weight is 374 g/mol. The molecule has 2 aliphatic rings. The number of benzene rings is 1. The lowest BCUT2D eigenvalue weighted by Crippen LogP contribution is -2.43. The number of esters is 1. The van der Waals surface area contributed by atoms with E-state index >= 15 is 0 Å². The first-order valence-electron chi connectivity index (χ1n) is 7.78. The van der Waals surface area contributed by atoms with Gasteiger partial charge >= 0.3 is 12.1 Å². The minimum Gasteiger partial charge on any atom is -0.465 e. The molecule has 1 aromatic carbocycles. The quantitative estimate of drug-likeness (QED) is 0.628. The van der Waals surface area contributed by atoms with Gasteiger partial charge in [-0.3, -0.25) is 9.59 Å². The van der Waals surface area contributed by atoms with E-state index in [1.165, 1.54) is 6.07 Å². The van der Waals surface area contributed by atoms with Crippen molar-refractivity contribution in [2.45, 2.75) is 19.0 Å². The van der Waals surface area contributed by atoms with E-state index in [-0.39, 0.29) is 11.6 Å². The molecule has 0 aromatic heterocycles. The normalized spacial score (nSPS) is 25.9. The van der Waals surface area contributed by atoms with E-state index in [0.717, 1.165) is 12.1 Å². The van der Waals surface area contributed by atoms with E-state index in [9.17, 15) is 22.8 Å². The Balaban J connectivity index is 1.80. The fraction of sp³-hybridized carbons (Fsp3) is 0.412. The van der Waals surface area contributed by atoms with Gasteiger partial charge in [0.2, 0.25) is 5.91 Å². The highest BCUT2D eigenvalue weighted by molar-refractivity contribution is 6.31. The Morgan fingerprint density at radius 2 is 2.08 bits per heavy atom. The van der Waals surface area contributed by atoms with Gasteiger partial charge in [0.1, 0.15) is 0 Å². The second-order valence-corrected chi connectivity index (χ2v) is 6.50. The van der Waals surface area contributed by atoms with E-state index in [4.69, 9.17) is 16.3 Å². The van der Waals surface area contributed by atoms with Gasteiger partial charge in [-0.05, 0) is 37.0 Å². The van der Waals surface area contributed by atoms with Crippen molar-refractivity contribution in [2.75, 3.05) is 11.9 Å². The second-order valence-electron chi connectivity index (χ2n) is 6.10. The van der Waals surface area contributed by atoms with Crippen LogP contribution in [0.25, 0.3) is 0 Å². The topological polar surface area (TPSA) is 55.4 Å². The number of carbonyl (C=O) groups is 2. The van der Waals surface area contributed by atoms with Crippen LogP contribution in [0.15, 0.2) is 30.4 Å². The molecule has 1 N–H and O–H groups in total. The molecule has 3 rings (SSSR count). The molecule has 1 amide bonds. The van der Waals surface area contributed by atoms with Crippen LogP contribution < -0.4 is 5.32 Å². The molecule has 1 aliphatic carbocycles. The summed E-state index contributed by atoms with van der Waals surface area (Å²) in [5.74, 6) is -2.30. The molecule has 134 valence electrons. The number of fused-ring (bicyclic) bond motifs is 1. The lowest BCUT2D eigenvalue weighted by Gasteiger charge is -2.35. The van der Waals surface area contributed by atoms with E-state index in [0.29, 0.717) is 19.4 Å². The van der Waals surface area contributed by atoms with Gasteiger partial charge in [0.25, 0.3) is 0 Å². The Morgan fingerprint density at radius 3 is 2.80 bits per heavy atom. The maximum atomic E-state index is 12.9. The van der Waals surface area contributed by atoms with Crippen LogP contribution in [-0.2, 0) is 20.5 Å². The summed E-state index contributed by atoms with van der Waals surface area (Å²) in [7, 11) is 0. The van der Waals surface area contributed by atoms with E-state index in [1.807, 2.05) is 12.2 Å². The first-order chi connectivity index (χ1) is 11.8. The molecule has 0 radical (unpaired) electrons. The predicted octanol–water partition coefficient (Wildman–Crippen LogP) is 4.05. The smallest absolute Gasteiger partial charge is 0.417 e. The zero-order chi connectivity index (χ0) is 18.2. The summed E-state index contributed by atoms with van der Waals surface area (Å²) in [5.41, 5.74) is -1.04. The summed E-state index contributed by atoms with van der Waals surface area (Å²) in [4.78, 5) is 24.6. The zero-order valence-electron chi connectivity index (χ0n) is 13.0. The highest BCUT2D eigenvalue weighted by atomic mass is 35.5. The maximum absolute atomic E-state index is 12.9. The number of hydrogen-bond donors (Lipinski definition) is 1. The number of carbonyl (C=O) groups excluding carboxylic acids is 2. The second kappa shape index (κ2) is 6.71. The standard InChI is InChI=1S/C17H15ClF3NO3/c18-13-5-4-10(8-12(13)17(19,20)21)22-15(23)11-3-1-2-9-6-7-25-16(24)14(9)11/h1-2,4-5,8-9,11,14H,3,6-7H2,(H,22,23)/t9-,11-,14+/m1/s1. The Hall–Kier alpha value is -2.02. The lowest BCUT2D eigenvalue weighted by molar-refractivity contribution is -0.160. The minimum absolute atomic E-state index is 0.0167. The van der Waals surface area contributed by atoms with Gasteiger partial charge in [0.05, 0.1) is 29.0 Å². The van der Waals surface area contributed by atoms with E-state index in [2.05, 4.69) is 5.32 Å². The van der Waals surface area contributed by atoms with Crippen LogP contribution in [0.3, 0.4) is 0 Å². The van der Waals surface area contributed by atoms with Crippen molar-refractivity contribution in [1.29, 1.82) is 0 Å². The van der Waals surface area contributed by atoms with E-state index < -0.39 is 40.5 Å². The number of halogens is 4. The van der Waals surface area contributed by atoms with Crippen molar-refractivity contribution in [1.82, 2.24) is 0 Å². The van der Waals surface area contributed by atoms with Crippen LogP contribution >= 0.6 is 11.6 Å². The highest BCUT2D eigenvalue weighted by Gasteiger charge is 2.43. The van der Waals surface area contributed by atoms with Crippen LogP contribution in [0.1, 0.15) is 18.4 Å². The number of anilines is 1. The van der Waals surface area contributed by atoms with Crippen molar-refractivity contribution in [3.8, 4) is 0 Å². The number of nitrogens with one attached hydrogen (secondary N) is 1. The Bertz CT molecular complexity index is 732. The number of allylic oxidation sites excluding steroid dienone is 2. The lowest BCUT2D eigenvalue weighted by atomic mass is 9.73. The molecule has 1 fully saturated rings. The van der Waals surface area contributed by atoms with Crippen LogP contribution in [0.5, 0.6) is 0 Å². The summed E-state index contributed by atoms with van der Waals surface area (Å²) in [5, 5.41) is 2.02.